The fraction of sp³-hybridized carbons (Fsp3) is 0.538. The van der Waals surface area contributed by atoms with E-state index in [0.29, 0.717) is 0 Å². The summed E-state index contributed by atoms with van der Waals surface area (Å²) in [5.74, 6) is 0. The van der Waals surface area contributed by atoms with Gasteiger partial charge in [-0.15, -0.1) is 0 Å². The lowest BCUT2D eigenvalue weighted by Gasteiger charge is -2.22. The van der Waals surface area contributed by atoms with E-state index < -0.39 is 17.1 Å². The first-order valence-corrected chi connectivity index (χ1v) is 12.4. The van der Waals surface area contributed by atoms with Crippen LogP contribution in [0.4, 0.5) is 5.69 Å². The van der Waals surface area contributed by atoms with Gasteiger partial charge in [0.15, 0.2) is 8.32 Å². The fourth-order valence-electron chi connectivity index (χ4n) is 2.18. The van der Waals surface area contributed by atoms with Crippen molar-refractivity contribution in [3.05, 3.63) is 29.8 Å². The molecule has 0 fully saturated rings. The Balaban J connectivity index is 2.51. The van der Waals surface area contributed by atoms with E-state index in [4.69, 9.17) is 11.5 Å². The van der Waals surface area contributed by atoms with E-state index in [1.807, 2.05) is 30.8 Å². The summed E-state index contributed by atoms with van der Waals surface area (Å²) in [5.41, 5.74) is 13.4. The molecule has 1 aromatic carbocycles. The molecule has 18 heavy (non-hydrogen) atoms. The van der Waals surface area contributed by atoms with Crippen LogP contribution >= 0.6 is 0 Å². The zero-order valence-electron chi connectivity index (χ0n) is 11.5. The molecule has 0 aliphatic carbocycles. The minimum atomic E-state index is -2.15. The quantitative estimate of drug-likeness (QED) is 0.527. The Morgan fingerprint density at radius 1 is 1.28 bits per heavy atom. The highest BCUT2D eigenvalue weighted by Gasteiger charge is 2.26. The largest absolute Gasteiger partial charge is 0.432 e. The second kappa shape index (κ2) is 7.08. The van der Waals surface area contributed by atoms with Crippen molar-refractivity contribution in [2.45, 2.75) is 37.3 Å². The number of hydrogen-bond donors (Lipinski definition) is 3. The standard InChI is InChI=1S/C13H26N2OSi2/c1-17(8-7-14)9-10-18(2,16)11-12-5-3-4-6-13(12)15/h3-6,16-17H,7-11,14-15H2,1-2H3. The highest BCUT2D eigenvalue weighted by atomic mass is 28.4. The molecule has 5 heteroatoms. The van der Waals surface area contributed by atoms with Crippen molar-refractivity contribution >= 4 is 22.8 Å². The van der Waals surface area contributed by atoms with Crippen molar-refractivity contribution in [1.82, 2.24) is 0 Å². The van der Waals surface area contributed by atoms with Crippen LogP contribution in [0.15, 0.2) is 24.3 Å². The maximum Gasteiger partial charge on any atom is 0.189 e. The van der Waals surface area contributed by atoms with Crippen molar-refractivity contribution in [3.63, 3.8) is 0 Å². The molecular weight excluding hydrogens is 256 g/mol. The number of para-hydroxylation sites is 1. The van der Waals surface area contributed by atoms with Crippen LogP contribution in [-0.4, -0.2) is 28.5 Å². The number of anilines is 1. The SMILES string of the molecule is C[SiH](CCN)CC[Si](C)(O)Cc1ccccc1N. The van der Waals surface area contributed by atoms with Gasteiger partial charge in [0.1, 0.15) is 0 Å². The smallest absolute Gasteiger partial charge is 0.189 e. The minimum absolute atomic E-state index is 0.704. The van der Waals surface area contributed by atoms with Gasteiger partial charge in [0.25, 0.3) is 0 Å². The van der Waals surface area contributed by atoms with Gasteiger partial charge in [0, 0.05) is 14.5 Å². The zero-order valence-corrected chi connectivity index (χ0v) is 13.7. The Labute approximate surface area is 113 Å². The summed E-state index contributed by atoms with van der Waals surface area (Å²) in [5, 5.41) is 0. The summed E-state index contributed by atoms with van der Waals surface area (Å²) in [4.78, 5) is 10.6. The molecule has 0 aliphatic heterocycles. The third kappa shape index (κ3) is 5.35. The highest BCUT2D eigenvalue weighted by molar-refractivity contribution is 6.72. The van der Waals surface area contributed by atoms with Crippen molar-refractivity contribution in [2.24, 2.45) is 5.73 Å². The lowest BCUT2D eigenvalue weighted by molar-refractivity contribution is 0.538. The van der Waals surface area contributed by atoms with E-state index in [9.17, 15) is 4.80 Å². The summed E-state index contributed by atoms with van der Waals surface area (Å²) < 4.78 is 0. The first-order valence-electron chi connectivity index (χ1n) is 6.70. The Bertz CT molecular complexity index is 372. The maximum absolute atomic E-state index is 10.6. The maximum atomic E-state index is 10.6. The molecule has 0 aliphatic rings. The number of nitrogens with two attached hydrogens (primary N) is 2. The number of rotatable bonds is 7. The molecule has 0 saturated carbocycles. The van der Waals surface area contributed by atoms with Gasteiger partial charge in [-0.3, -0.25) is 0 Å². The van der Waals surface area contributed by atoms with E-state index in [-0.39, 0.29) is 0 Å². The fourth-order valence-corrected chi connectivity index (χ4v) is 8.82. The first-order chi connectivity index (χ1) is 8.44. The van der Waals surface area contributed by atoms with Crippen LogP contribution in [0.25, 0.3) is 0 Å². The Morgan fingerprint density at radius 3 is 2.56 bits per heavy atom. The number of nitrogen functional groups attached to an aromatic ring is 1. The molecular formula is C13H26N2OSi2. The second-order valence-corrected chi connectivity index (χ2v) is 12.8. The van der Waals surface area contributed by atoms with Crippen molar-refractivity contribution in [3.8, 4) is 0 Å². The Kier molecular flexibility index (Phi) is 6.07. The van der Waals surface area contributed by atoms with Crippen molar-refractivity contribution in [2.75, 3.05) is 12.3 Å². The van der Waals surface area contributed by atoms with Crippen LogP contribution in [0.5, 0.6) is 0 Å². The summed E-state index contributed by atoms with van der Waals surface area (Å²) in [6.45, 7) is 5.18. The lowest BCUT2D eigenvalue weighted by Crippen LogP contribution is -2.35. The first kappa shape index (κ1) is 15.4. The molecule has 5 N–H and O–H groups in total. The molecule has 102 valence electrons. The normalized spacial score (nSPS) is 16.2. The molecule has 1 aromatic rings. The molecule has 0 bridgehead atoms. The van der Waals surface area contributed by atoms with E-state index in [0.717, 1.165) is 29.9 Å². The summed E-state index contributed by atoms with van der Waals surface area (Å²) in [6.07, 6.45) is 0. The van der Waals surface area contributed by atoms with Crippen LogP contribution in [0.2, 0.25) is 31.2 Å². The summed E-state index contributed by atoms with van der Waals surface area (Å²) in [6, 6.07) is 12.0. The molecule has 0 amide bonds. The number of hydrogen-bond acceptors (Lipinski definition) is 3. The monoisotopic (exact) mass is 282 g/mol. The summed E-state index contributed by atoms with van der Waals surface area (Å²) >= 11 is 0. The average Bonchev–Trinajstić information content (AvgIpc) is 2.30. The van der Waals surface area contributed by atoms with Gasteiger partial charge in [-0.1, -0.05) is 30.8 Å². The van der Waals surface area contributed by atoms with Gasteiger partial charge >= 0.3 is 0 Å². The third-order valence-electron chi connectivity index (χ3n) is 3.46. The molecule has 3 nitrogen and oxygen atoms in total. The van der Waals surface area contributed by atoms with Crippen LogP contribution in [-0.2, 0) is 6.04 Å². The average molecular weight is 283 g/mol. The van der Waals surface area contributed by atoms with E-state index in [1.54, 1.807) is 0 Å². The van der Waals surface area contributed by atoms with Crippen LogP contribution < -0.4 is 11.5 Å². The second-order valence-electron chi connectivity index (χ2n) is 5.59. The predicted octanol–water partition coefficient (Wildman–Crippen LogP) is 1.73. The molecule has 0 spiro atoms. The van der Waals surface area contributed by atoms with Gasteiger partial charge in [-0.2, -0.15) is 0 Å². The number of benzene rings is 1. The molecule has 0 aromatic heterocycles. The molecule has 0 heterocycles. The topological polar surface area (TPSA) is 72.3 Å². The molecule has 0 radical (unpaired) electrons. The molecule has 2 unspecified atom stereocenters. The van der Waals surface area contributed by atoms with E-state index in [1.165, 1.54) is 12.1 Å². The zero-order chi connectivity index (χ0) is 13.6. The Hall–Kier alpha value is -0.626. The molecule has 0 saturated heterocycles. The molecule has 2 atom stereocenters. The van der Waals surface area contributed by atoms with Gasteiger partial charge < -0.3 is 16.3 Å². The predicted molar refractivity (Wildman–Crippen MR) is 84.9 cm³/mol. The Morgan fingerprint density at radius 2 is 1.94 bits per heavy atom. The third-order valence-corrected chi connectivity index (χ3v) is 9.14. The van der Waals surface area contributed by atoms with E-state index in [2.05, 4.69) is 6.55 Å². The van der Waals surface area contributed by atoms with Crippen molar-refractivity contribution in [1.29, 1.82) is 0 Å². The van der Waals surface area contributed by atoms with Crippen molar-refractivity contribution < 1.29 is 4.80 Å². The van der Waals surface area contributed by atoms with Gasteiger partial charge in [0.05, 0.1) is 0 Å². The molecule has 1 rings (SSSR count). The van der Waals surface area contributed by atoms with Crippen LogP contribution in [0, 0.1) is 0 Å². The van der Waals surface area contributed by atoms with Gasteiger partial charge in [-0.05, 0) is 42.9 Å². The minimum Gasteiger partial charge on any atom is -0.432 e. The summed E-state index contributed by atoms with van der Waals surface area (Å²) in [7, 11) is -2.86. The van der Waals surface area contributed by atoms with Gasteiger partial charge in [-0.25, -0.2) is 0 Å². The lowest BCUT2D eigenvalue weighted by atomic mass is 10.2. The van der Waals surface area contributed by atoms with Crippen LogP contribution in [0.3, 0.4) is 0 Å². The van der Waals surface area contributed by atoms with Crippen LogP contribution in [0.1, 0.15) is 5.56 Å². The van der Waals surface area contributed by atoms with E-state index >= 15 is 0 Å². The highest BCUT2D eigenvalue weighted by Crippen LogP contribution is 2.21. The van der Waals surface area contributed by atoms with Gasteiger partial charge in [0.2, 0.25) is 0 Å².